The van der Waals surface area contributed by atoms with E-state index >= 15 is 0 Å². The van der Waals surface area contributed by atoms with Gasteiger partial charge >= 0.3 is 0 Å². The van der Waals surface area contributed by atoms with Crippen LogP contribution in [-0.4, -0.2) is 44.5 Å². The van der Waals surface area contributed by atoms with Gasteiger partial charge in [0.2, 0.25) is 0 Å². The van der Waals surface area contributed by atoms with E-state index < -0.39 is 0 Å². The number of hydrogen-bond donors (Lipinski definition) is 2. The average Bonchev–Trinajstić information content (AvgIpc) is 3.43. The number of nitrogens with one attached hydrogen (secondary N) is 2. The number of methoxy groups -OCH3 is 1. The van der Waals surface area contributed by atoms with Gasteiger partial charge in [-0.15, -0.1) is 0 Å². The van der Waals surface area contributed by atoms with Gasteiger partial charge in [-0.1, -0.05) is 23.7 Å². The molecule has 9 heteroatoms. The minimum Gasteiger partial charge on any atom is -0.496 e. The van der Waals surface area contributed by atoms with Crippen molar-refractivity contribution >= 4 is 28.4 Å². The highest BCUT2D eigenvalue weighted by molar-refractivity contribution is 6.36. The van der Waals surface area contributed by atoms with Crippen molar-refractivity contribution in [3.8, 4) is 17.1 Å². The van der Waals surface area contributed by atoms with Crippen LogP contribution in [0.1, 0.15) is 48.6 Å². The minimum absolute atomic E-state index is 0.110. The Bertz CT molecular complexity index is 1280. The second kappa shape index (κ2) is 9.00. The smallest absolute Gasteiger partial charge is 0.255 e. The number of halogens is 1. The molecule has 2 N–H and O–H groups in total. The minimum atomic E-state index is -0.179. The predicted octanol–water partition coefficient (Wildman–Crippen LogP) is 4.40. The van der Waals surface area contributed by atoms with Gasteiger partial charge in [-0.2, -0.15) is 10.2 Å². The molecule has 0 saturated carbocycles. The first-order valence-electron chi connectivity index (χ1n) is 10.4. The maximum atomic E-state index is 12.3. The molecule has 8 nitrogen and oxygen atoms in total. The first-order valence-corrected chi connectivity index (χ1v) is 10.8. The highest BCUT2D eigenvalue weighted by atomic mass is 35.5. The fraction of sp³-hybridized carbons (Fsp3) is 0.304. The van der Waals surface area contributed by atoms with Gasteiger partial charge in [0.25, 0.3) is 5.91 Å². The number of fused-ring (bicyclic) bond motifs is 1. The Morgan fingerprint density at radius 2 is 2.09 bits per heavy atom. The summed E-state index contributed by atoms with van der Waals surface area (Å²) in [4.78, 5) is 17.1. The van der Waals surface area contributed by atoms with E-state index in [1.54, 1.807) is 25.4 Å². The Morgan fingerprint density at radius 1 is 1.28 bits per heavy atom. The molecule has 2 aromatic carbocycles. The molecule has 0 saturated heterocycles. The number of amides is 1. The van der Waals surface area contributed by atoms with Crippen molar-refractivity contribution in [2.24, 2.45) is 0 Å². The van der Waals surface area contributed by atoms with E-state index in [0.29, 0.717) is 35.1 Å². The van der Waals surface area contributed by atoms with Crippen molar-refractivity contribution in [1.29, 1.82) is 0 Å². The molecule has 0 aliphatic rings. The molecule has 0 spiro atoms. The monoisotopic (exact) mass is 452 g/mol. The predicted molar refractivity (Wildman–Crippen MR) is 124 cm³/mol. The van der Waals surface area contributed by atoms with Gasteiger partial charge in [-0.05, 0) is 44.5 Å². The Balaban J connectivity index is 1.71. The lowest BCUT2D eigenvalue weighted by atomic mass is 10.1. The molecular formula is C23H25ClN6O2. The molecule has 32 heavy (non-hydrogen) atoms. The summed E-state index contributed by atoms with van der Waals surface area (Å²) in [7, 11) is 1.54. The lowest BCUT2D eigenvalue weighted by Gasteiger charge is -2.10. The summed E-state index contributed by atoms with van der Waals surface area (Å²) < 4.78 is 7.35. The summed E-state index contributed by atoms with van der Waals surface area (Å²) in [6.07, 6.45) is 2.25. The van der Waals surface area contributed by atoms with E-state index in [0.717, 1.165) is 27.9 Å². The summed E-state index contributed by atoms with van der Waals surface area (Å²) in [5.41, 5.74) is 3.09. The van der Waals surface area contributed by atoms with Gasteiger partial charge in [-0.3, -0.25) is 9.89 Å². The van der Waals surface area contributed by atoms with Gasteiger partial charge in [0.05, 0.1) is 29.4 Å². The van der Waals surface area contributed by atoms with Crippen molar-refractivity contribution < 1.29 is 9.53 Å². The van der Waals surface area contributed by atoms with Gasteiger partial charge in [0.15, 0.2) is 5.82 Å². The van der Waals surface area contributed by atoms with Gasteiger partial charge in [0, 0.05) is 30.0 Å². The molecule has 1 amide bonds. The molecule has 0 atom stereocenters. The normalized spacial score (nSPS) is 11.3. The molecule has 0 radical (unpaired) electrons. The Morgan fingerprint density at radius 3 is 2.81 bits per heavy atom. The van der Waals surface area contributed by atoms with Crippen LogP contribution in [0, 0.1) is 0 Å². The van der Waals surface area contributed by atoms with E-state index in [1.165, 1.54) is 0 Å². The number of carbonyl (C=O) groups is 1. The third-order valence-corrected chi connectivity index (χ3v) is 5.67. The molecule has 4 aromatic rings. The lowest BCUT2D eigenvalue weighted by molar-refractivity contribution is 0.0953. The fourth-order valence-electron chi connectivity index (χ4n) is 3.62. The number of carbonyl (C=O) groups excluding carboxylic acids is 1. The maximum Gasteiger partial charge on any atom is 0.255 e. The van der Waals surface area contributed by atoms with E-state index in [4.69, 9.17) is 26.4 Å². The zero-order chi connectivity index (χ0) is 22.8. The van der Waals surface area contributed by atoms with Crippen LogP contribution in [0.2, 0.25) is 5.02 Å². The number of hydrogen-bond acceptors (Lipinski definition) is 5. The number of H-pyrrole nitrogens is 1. The zero-order valence-electron chi connectivity index (χ0n) is 18.4. The second-order valence-corrected chi connectivity index (χ2v) is 8.09. The highest BCUT2D eigenvalue weighted by Gasteiger charge is 2.19. The van der Waals surface area contributed by atoms with Crippen molar-refractivity contribution in [1.82, 2.24) is 30.3 Å². The van der Waals surface area contributed by atoms with Crippen LogP contribution in [0.5, 0.6) is 5.75 Å². The molecule has 0 bridgehead atoms. The molecule has 2 aromatic heterocycles. The van der Waals surface area contributed by atoms with E-state index in [1.807, 2.05) is 29.8 Å². The molecule has 0 fully saturated rings. The second-order valence-electron chi connectivity index (χ2n) is 7.71. The van der Waals surface area contributed by atoms with Gasteiger partial charge in [0.1, 0.15) is 11.6 Å². The molecule has 4 rings (SSSR count). The molecular weight excluding hydrogens is 428 g/mol. The summed E-state index contributed by atoms with van der Waals surface area (Å²) in [6.45, 7) is 6.53. The van der Waals surface area contributed by atoms with Crippen molar-refractivity contribution in [2.75, 3.05) is 13.7 Å². The maximum absolute atomic E-state index is 12.3. The molecule has 0 aliphatic carbocycles. The van der Waals surface area contributed by atoms with E-state index in [-0.39, 0.29) is 11.9 Å². The van der Waals surface area contributed by atoms with Crippen molar-refractivity contribution in [3.63, 3.8) is 0 Å². The van der Waals surface area contributed by atoms with Gasteiger partial charge < -0.3 is 10.1 Å². The Kier molecular flexibility index (Phi) is 6.14. The molecule has 0 aliphatic heterocycles. The third-order valence-electron chi connectivity index (χ3n) is 5.22. The summed E-state index contributed by atoms with van der Waals surface area (Å²) >= 11 is 6.63. The van der Waals surface area contributed by atoms with Crippen molar-refractivity contribution in [3.05, 3.63) is 58.5 Å². The van der Waals surface area contributed by atoms with Crippen LogP contribution in [0.3, 0.4) is 0 Å². The van der Waals surface area contributed by atoms with E-state index in [9.17, 15) is 4.79 Å². The number of rotatable bonds is 7. The quantitative estimate of drug-likeness (QED) is 0.433. The average molecular weight is 453 g/mol. The lowest BCUT2D eigenvalue weighted by Crippen LogP contribution is -2.23. The van der Waals surface area contributed by atoms with Crippen LogP contribution in [0.25, 0.3) is 22.3 Å². The first kappa shape index (κ1) is 21.8. The van der Waals surface area contributed by atoms with Gasteiger partial charge in [-0.25, -0.2) is 9.67 Å². The van der Waals surface area contributed by atoms with Crippen LogP contribution in [0.4, 0.5) is 0 Å². The summed E-state index contributed by atoms with van der Waals surface area (Å²) in [6, 6.07) is 9.41. The van der Waals surface area contributed by atoms with Crippen LogP contribution in [0.15, 0.2) is 36.5 Å². The number of ether oxygens (including phenoxy) is 1. The standard InChI is InChI=1S/C23H25ClN6O2/c1-5-25-23(31)16-8-6-15(10-19(16)32-4)22-27-20(30(29-22)13(2)3)11-14-7-9-18-17(21(14)24)12-26-28-18/h6-10,12-13H,5,11H2,1-4H3,(H,25,31)(H,26,28). The number of benzene rings is 2. The first-order chi connectivity index (χ1) is 15.4. The van der Waals surface area contributed by atoms with E-state index in [2.05, 4.69) is 29.4 Å². The number of aromatic nitrogens is 5. The largest absolute Gasteiger partial charge is 0.496 e. The molecule has 166 valence electrons. The van der Waals surface area contributed by atoms with Crippen LogP contribution >= 0.6 is 11.6 Å². The third kappa shape index (κ3) is 4.05. The molecule has 2 heterocycles. The Hall–Kier alpha value is -3.39. The number of nitrogens with zero attached hydrogens (tertiary/aromatic N) is 4. The zero-order valence-corrected chi connectivity index (χ0v) is 19.2. The fourth-order valence-corrected chi connectivity index (χ4v) is 3.90. The topological polar surface area (TPSA) is 97.7 Å². The van der Waals surface area contributed by atoms with Crippen LogP contribution in [-0.2, 0) is 6.42 Å². The van der Waals surface area contributed by atoms with Crippen molar-refractivity contribution in [2.45, 2.75) is 33.2 Å². The summed E-state index contributed by atoms with van der Waals surface area (Å²) in [5, 5.41) is 16.1. The molecule has 0 unspecified atom stereocenters. The summed E-state index contributed by atoms with van der Waals surface area (Å²) in [5.74, 6) is 1.66. The Labute approximate surface area is 190 Å². The highest BCUT2D eigenvalue weighted by Crippen LogP contribution is 2.30. The number of aromatic amines is 1. The SMILES string of the molecule is CCNC(=O)c1ccc(-c2nc(Cc3ccc4[nH]ncc4c3Cl)n(C(C)C)n2)cc1OC. The van der Waals surface area contributed by atoms with Crippen LogP contribution < -0.4 is 10.1 Å².